The van der Waals surface area contributed by atoms with Crippen molar-refractivity contribution in [1.29, 1.82) is 5.26 Å². The summed E-state index contributed by atoms with van der Waals surface area (Å²) in [6.07, 6.45) is 1.50. The van der Waals surface area contributed by atoms with E-state index >= 15 is 0 Å². The Hall–Kier alpha value is -3.70. The number of nitrogens with zero attached hydrogens (tertiary/aromatic N) is 1. The number of nitrogens with one attached hydrogen (secondary N) is 1. The lowest BCUT2D eigenvalue weighted by atomic mass is 10.1. The zero-order chi connectivity index (χ0) is 23.3. The minimum Gasteiger partial charge on any atom is -0.497 e. The number of benzene rings is 2. The van der Waals surface area contributed by atoms with Gasteiger partial charge in [-0.1, -0.05) is 6.07 Å². The molecule has 0 radical (unpaired) electrons. The molecule has 0 heterocycles. The third-order valence-corrected chi connectivity index (χ3v) is 4.41. The minimum atomic E-state index is -0.465. The highest BCUT2D eigenvalue weighted by atomic mass is 16.5. The molecule has 0 aromatic heterocycles. The van der Waals surface area contributed by atoms with Crippen LogP contribution >= 0.6 is 0 Å². The van der Waals surface area contributed by atoms with Crippen molar-refractivity contribution in [3.05, 3.63) is 53.1 Å². The summed E-state index contributed by atoms with van der Waals surface area (Å²) in [5, 5.41) is 12.0. The number of ether oxygens (including phenoxy) is 5. The maximum atomic E-state index is 12.2. The first-order chi connectivity index (χ1) is 15.6. The van der Waals surface area contributed by atoms with Crippen LogP contribution < -0.4 is 24.3 Å². The Balaban J connectivity index is 2.22. The van der Waals surface area contributed by atoms with Gasteiger partial charge in [0, 0.05) is 19.2 Å². The SMILES string of the molecule is CCOc1cc(/C=C(\C#N)C(=O)NCCOC)ccc1OCc1cc(OC)ccc1OC. The normalized spacial score (nSPS) is 10.8. The van der Waals surface area contributed by atoms with E-state index in [9.17, 15) is 10.1 Å². The molecule has 0 fully saturated rings. The van der Waals surface area contributed by atoms with Crippen molar-refractivity contribution in [1.82, 2.24) is 5.32 Å². The summed E-state index contributed by atoms with van der Waals surface area (Å²) in [6, 6.07) is 12.6. The molecule has 170 valence electrons. The lowest BCUT2D eigenvalue weighted by molar-refractivity contribution is -0.117. The first kappa shape index (κ1) is 24.6. The van der Waals surface area contributed by atoms with Gasteiger partial charge in [0.15, 0.2) is 11.5 Å². The number of nitriles is 1. The van der Waals surface area contributed by atoms with E-state index in [2.05, 4.69) is 5.32 Å². The maximum Gasteiger partial charge on any atom is 0.262 e. The van der Waals surface area contributed by atoms with Crippen molar-refractivity contribution in [3.8, 4) is 29.1 Å². The average Bonchev–Trinajstić information content (AvgIpc) is 2.82. The topological polar surface area (TPSA) is 99.0 Å². The van der Waals surface area contributed by atoms with Crippen LogP contribution in [0.1, 0.15) is 18.1 Å². The summed E-state index contributed by atoms with van der Waals surface area (Å²) < 4.78 is 27.3. The average molecular weight is 440 g/mol. The van der Waals surface area contributed by atoms with Gasteiger partial charge in [0.2, 0.25) is 0 Å². The van der Waals surface area contributed by atoms with Gasteiger partial charge in [0.25, 0.3) is 5.91 Å². The summed E-state index contributed by atoms with van der Waals surface area (Å²) in [5.74, 6) is 1.94. The second-order valence-electron chi connectivity index (χ2n) is 6.52. The standard InChI is InChI=1S/C24H28N2O6/c1-5-31-23-13-17(12-18(15-25)24(27)26-10-11-28-2)6-8-22(23)32-16-19-14-20(29-3)7-9-21(19)30-4/h6-9,12-14H,5,10-11,16H2,1-4H3,(H,26,27)/b18-12+. The smallest absolute Gasteiger partial charge is 0.262 e. The van der Waals surface area contributed by atoms with E-state index in [1.54, 1.807) is 32.4 Å². The predicted molar refractivity (Wildman–Crippen MR) is 120 cm³/mol. The lowest BCUT2D eigenvalue weighted by Crippen LogP contribution is -2.27. The third-order valence-electron chi connectivity index (χ3n) is 4.41. The van der Waals surface area contributed by atoms with E-state index in [1.807, 2.05) is 31.2 Å². The highest BCUT2D eigenvalue weighted by Crippen LogP contribution is 2.32. The van der Waals surface area contributed by atoms with Crippen molar-refractivity contribution in [3.63, 3.8) is 0 Å². The van der Waals surface area contributed by atoms with Gasteiger partial charge in [-0.25, -0.2) is 0 Å². The fourth-order valence-corrected chi connectivity index (χ4v) is 2.83. The van der Waals surface area contributed by atoms with Crippen molar-refractivity contribution in [2.45, 2.75) is 13.5 Å². The quantitative estimate of drug-likeness (QED) is 0.307. The molecular formula is C24H28N2O6. The highest BCUT2D eigenvalue weighted by Gasteiger charge is 2.12. The van der Waals surface area contributed by atoms with Crippen molar-refractivity contribution in [2.75, 3.05) is 41.1 Å². The zero-order valence-corrected chi connectivity index (χ0v) is 18.8. The molecule has 0 aliphatic carbocycles. The molecule has 1 N–H and O–H groups in total. The second kappa shape index (κ2) is 12.9. The molecule has 32 heavy (non-hydrogen) atoms. The molecule has 0 saturated heterocycles. The van der Waals surface area contributed by atoms with E-state index < -0.39 is 5.91 Å². The fraction of sp³-hybridized carbons (Fsp3) is 0.333. The second-order valence-corrected chi connectivity index (χ2v) is 6.52. The first-order valence-corrected chi connectivity index (χ1v) is 10.1. The Morgan fingerprint density at radius 3 is 2.47 bits per heavy atom. The number of amides is 1. The molecule has 0 aliphatic heterocycles. The highest BCUT2D eigenvalue weighted by molar-refractivity contribution is 6.01. The van der Waals surface area contributed by atoms with Gasteiger partial charge in [0.05, 0.1) is 27.4 Å². The number of hydrogen-bond acceptors (Lipinski definition) is 7. The molecule has 0 bridgehead atoms. The Bertz CT molecular complexity index is 981. The van der Waals surface area contributed by atoms with Crippen LogP contribution in [0.3, 0.4) is 0 Å². The van der Waals surface area contributed by atoms with E-state index in [0.29, 0.717) is 48.3 Å². The number of rotatable bonds is 12. The minimum absolute atomic E-state index is 0.0154. The Labute approximate surface area is 188 Å². The first-order valence-electron chi connectivity index (χ1n) is 10.1. The third kappa shape index (κ3) is 6.93. The van der Waals surface area contributed by atoms with Gasteiger partial charge < -0.3 is 29.0 Å². The lowest BCUT2D eigenvalue weighted by Gasteiger charge is -2.15. The summed E-state index contributed by atoms with van der Waals surface area (Å²) in [4.78, 5) is 12.2. The van der Waals surface area contributed by atoms with Gasteiger partial charge in [-0.3, -0.25) is 4.79 Å². The van der Waals surface area contributed by atoms with Crippen molar-refractivity contribution < 1.29 is 28.5 Å². The number of methoxy groups -OCH3 is 3. The fourth-order valence-electron chi connectivity index (χ4n) is 2.83. The van der Waals surface area contributed by atoms with E-state index in [1.165, 1.54) is 13.2 Å². The molecule has 8 heteroatoms. The van der Waals surface area contributed by atoms with Crippen LogP contribution in [0.25, 0.3) is 6.08 Å². The Morgan fingerprint density at radius 2 is 1.81 bits per heavy atom. The molecule has 0 saturated carbocycles. The molecule has 2 rings (SSSR count). The summed E-state index contributed by atoms with van der Waals surface area (Å²) in [5.41, 5.74) is 1.44. The molecule has 8 nitrogen and oxygen atoms in total. The summed E-state index contributed by atoms with van der Waals surface area (Å²) in [7, 11) is 4.73. The van der Waals surface area contributed by atoms with Crippen LogP contribution in [-0.4, -0.2) is 47.0 Å². The maximum absolute atomic E-state index is 12.2. The van der Waals surface area contributed by atoms with Gasteiger partial charge in [-0.05, 0) is 48.9 Å². The zero-order valence-electron chi connectivity index (χ0n) is 18.8. The van der Waals surface area contributed by atoms with Crippen molar-refractivity contribution in [2.24, 2.45) is 0 Å². The van der Waals surface area contributed by atoms with Gasteiger partial charge in [0.1, 0.15) is 29.7 Å². The van der Waals surface area contributed by atoms with Crippen LogP contribution in [0, 0.1) is 11.3 Å². The number of hydrogen-bond donors (Lipinski definition) is 1. The summed E-state index contributed by atoms with van der Waals surface area (Å²) in [6.45, 7) is 3.21. The van der Waals surface area contributed by atoms with E-state index in [0.717, 1.165) is 5.56 Å². The molecule has 2 aromatic carbocycles. The van der Waals surface area contributed by atoms with Crippen molar-refractivity contribution >= 4 is 12.0 Å². The molecule has 0 atom stereocenters. The van der Waals surface area contributed by atoms with E-state index in [4.69, 9.17) is 23.7 Å². The molecule has 0 aliphatic rings. The monoisotopic (exact) mass is 440 g/mol. The van der Waals surface area contributed by atoms with Crippen LogP contribution in [0.5, 0.6) is 23.0 Å². The van der Waals surface area contributed by atoms with Crippen LogP contribution in [0.4, 0.5) is 0 Å². The summed E-state index contributed by atoms with van der Waals surface area (Å²) >= 11 is 0. The Morgan fingerprint density at radius 1 is 1.03 bits per heavy atom. The van der Waals surface area contributed by atoms with Crippen LogP contribution in [-0.2, 0) is 16.1 Å². The van der Waals surface area contributed by atoms with Gasteiger partial charge in [-0.2, -0.15) is 5.26 Å². The molecule has 1 amide bonds. The molecule has 2 aromatic rings. The van der Waals surface area contributed by atoms with Crippen LogP contribution in [0.2, 0.25) is 0 Å². The van der Waals surface area contributed by atoms with E-state index in [-0.39, 0.29) is 12.2 Å². The number of carbonyl (C=O) groups excluding carboxylic acids is 1. The van der Waals surface area contributed by atoms with Gasteiger partial charge in [-0.15, -0.1) is 0 Å². The molecule has 0 spiro atoms. The van der Waals surface area contributed by atoms with Gasteiger partial charge >= 0.3 is 0 Å². The largest absolute Gasteiger partial charge is 0.497 e. The predicted octanol–water partition coefficient (Wildman–Crippen LogP) is 3.35. The molecule has 0 unspecified atom stereocenters. The Kier molecular flexibility index (Phi) is 9.88. The molecular weight excluding hydrogens is 412 g/mol. The number of carbonyl (C=O) groups is 1. The van der Waals surface area contributed by atoms with Crippen LogP contribution in [0.15, 0.2) is 42.0 Å².